The molecule has 4 aromatic rings. The second-order valence-corrected chi connectivity index (χ2v) is 6.85. The first kappa shape index (κ1) is 19.0. The molecular weight excluding hydrogens is 446 g/mol. The van der Waals surface area contributed by atoms with Crippen LogP contribution in [0, 0.1) is 0 Å². The number of carbonyl (C=O) groups is 1. The van der Waals surface area contributed by atoms with Crippen molar-refractivity contribution in [2.24, 2.45) is 0 Å². The third-order valence-electron chi connectivity index (χ3n) is 4.19. The van der Waals surface area contributed by atoms with Crippen molar-refractivity contribution in [1.82, 2.24) is 14.4 Å². The quantitative estimate of drug-likeness (QED) is 0.396. The number of aromatic nitrogens is 3. The fourth-order valence-electron chi connectivity index (χ4n) is 2.87. The molecule has 9 heteroatoms. The zero-order valence-corrected chi connectivity index (χ0v) is 16.3. The van der Waals surface area contributed by atoms with Crippen LogP contribution in [0.5, 0.6) is 5.75 Å². The molecule has 2 aromatic carbocycles. The largest absolute Gasteiger partial charge is 0.435 e. The van der Waals surface area contributed by atoms with Gasteiger partial charge in [0.25, 0.3) is 0 Å². The second kappa shape index (κ2) is 7.96. The number of imidazole rings is 1. The van der Waals surface area contributed by atoms with Crippen LogP contribution in [0.15, 0.2) is 65.5 Å². The maximum atomic E-state index is 12.3. The van der Waals surface area contributed by atoms with Crippen molar-refractivity contribution in [3.63, 3.8) is 0 Å². The summed E-state index contributed by atoms with van der Waals surface area (Å²) >= 11 is 3.36. The van der Waals surface area contributed by atoms with E-state index in [0.717, 1.165) is 23.2 Å². The molecule has 4 rings (SSSR count). The Morgan fingerprint density at radius 1 is 1.14 bits per heavy atom. The van der Waals surface area contributed by atoms with Gasteiger partial charge in [-0.25, -0.2) is 9.97 Å². The van der Waals surface area contributed by atoms with E-state index in [1.165, 1.54) is 12.1 Å². The summed E-state index contributed by atoms with van der Waals surface area (Å²) in [5.74, 6) is 0.619. The first-order valence-electron chi connectivity index (χ1n) is 8.44. The van der Waals surface area contributed by atoms with Crippen LogP contribution in [0.2, 0.25) is 0 Å². The summed E-state index contributed by atoms with van der Waals surface area (Å²) in [4.78, 5) is 19.7. The van der Waals surface area contributed by atoms with Crippen LogP contribution in [0.4, 0.5) is 20.3 Å². The van der Waals surface area contributed by atoms with E-state index < -0.39 is 6.61 Å². The zero-order chi connectivity index (χ0) is 20.4. The lowest BCUT2D eigenvalue weighted by Crippen LogP contribution is -2.01. The van der Waals surface area contributed by atoms with Crippen LogP contribution in [0.3, 0.4) is 0 Å². The molecule has 0 saturated carbocycles. The fraction of sp³-hybridized carbons (Fsp3) is 0.0500. The lowest BCUT2D eigenvalue weighted by molar-refractivity contribution is -0.0498. The summed E-state index contributed by atoms with van der Waals surface area (Å²) in [7, 11) is 0. The first-order chi connectivity index (χ1) is 14.0. The molecule has 0 aliphatic heterocycles. The van der Waals surface area contributed by atoms with Gasteiger partial charge in [-0.2, -0.15) is 8.78 Å². The number of halogens is 3. The zero-order valence-electron chi connectivity index (χ0n) is 14.7. The number of hydrogen-bond acceptors (Lipinski definition) is 5. The highest BCUT2D eigenvalue weighted by Gasteiger charge is 2.12. The van der Waals surface area contributed by atoms with E-state index in [1.54, 1.807) is 48.9 Å². The Morgan fingerprint density at radius 3 is 2.62 bits per heavy atom. The lowest BCUT2D eigenvalue weighted by atomic mass is 10.1. The summed E-state index contributed by atoms with van der Waals surface area (Å²) in [5.41, 5.74) is 3.43. The number of alkyl halides is 2. The standard InChI is InChI=1S/C20H13BrF2N4O2/c21-16-9-14(4-1-13(16)11-28)26-18-19-25-10-17(27(19)8-7-24-18)12-2-5-15(6-3-12)29-20(22)23/h1-11,20H,(H,24,26). The van der Waals surface area contributed by atoms with Gasteiger partial charge in [-0.05, 0) is 58.4 Å². The number of rotatable bonds is 6. The highest BCUT2D eigenvalue weighted by molar-refractivity contribution is 9.10. The number of hydrogen-bond donors (Lipinski definition) is 1. The van der Waals surface area contributed by atoms with E-state index in [9.17, 15) is 13.6 Å². The third kappa shape index (κ3) is 3.95. The van der Waals surface area contributed by atoms with Crippen molar-refractivity contribution in [2.75, 3.05) is 5.32 Å². The van der Waals surface area contributed by atoms with Crippen LogP contribution < -0.4 is 10.1 Å². The molecule has 2 aromatic heterocycles. The Labute approximate surface area is 172 Å². The summed E-state index contributed by atoms with van der Waals surface area (Å²) in [6, 6.07) is 11.6. The predicted molar refractivity (Wildman–Crippen MR) is 108 cm³/mol. The van der Waals surface area contributed by atoms with Crippen molar-refractivity contribution < 1.29 is 18.3 Å². The number of carbonyl (C=O) groups excluding carboxylic acids is 1. The topological polar surface area (TPSA) is 68.5 Å². The Morgan fingerprint density at radius 2 is 1.93 bits per heavy atom. The van der Waals surface area contributed by atoms with Gasteiger partial charge >= 0.3 is 6.61 Å². The van der Waals surface area contributed by atoms with Gasteiger partial charge in [-0.1, -0.05) is 0 Å². The average Bonchev–Trinajstić information content (AvgIpc) is 3.13. The van der Waals surface area contributed by atoms with E-state index in [0.29, 0.717) is 21.5 Å². The summed E-state index contributed by atoms with van der Waals surface area (Å²) in [6.07, 6.45) is 5.84. The molecule has 0 atom stereocenters. The number of fused-ring (bicyclic) bond motifs is 1. The Bertz CT molecular complexity index is 1180. The molecule has 0 spiro atoms. The molecule has 0 radical (unpaired) electrons. The van der Waals surface area contributed by atoms with Crippen molar-refractivity contribution >= 4 is 39.4 Å². The normalized spacial score (nSPS) is 11.0. The number of aldehydes is 1. The van der Waals surface area contributed by atoms with Crippen molar-refractivity contribution in [1.29, 1.82) is 0 Å². The smallest absolute Gasteiger partial charge is 0.387 e. The maximum Gasteiger partial charge on any atom is 0.387 e. The van der Waals surface area contributed by atoms with Crippen LogP contribution in [-0.2, 0) is 0 Å². The van der Waals surface area contributed by atoms with Gasteiger partial charge < -0.3 is 10.1 Å². The second-order valence-electron chi connectivity index (χ2n) is 5.99. The fourth-order valence-corrected chi connectivity index (χ4v) is 3.34. The van der Waals surface area contributed by atoms with Gasteiger partial charge in [-0.15, -0.1) is 0 Å². The van der Waals surface area contributed by atoms with Crippen LogP contribution >= 0.6 is 15.9 Å². The molecule has 0 fully saturated rings. The first-order valence-corrected chi connectivity index (χ1v) is 9.23. The number of benzene rings is 2. The predicted octanol–water partition coefficient (Wildman–Crippen LogP) is 5.32. The molecule has 6 nitrogen and oxygen atoms in total. The van der Waals surface area contributed by atoms with Gasteiger partial charge in [0.05, 0.1) is 11.9 Å². The van der Waals surface area contributed by atoms with Gasteiger partial charge in [0, 0.05) is 33.7 Å². The molecule has 146 valence electrons. The van der Waals surface area contributed by atoms with Gasteiger partial charge in [0.15, 0.2) is 17.8 Å². The van der Waals surface area contributed by atoms with Gasteiger partial charge in [-0.3, -0.25) is 9.20 Å². The lowest BCUT2D eigenvalue weighted by Gasteiger charge is -2.09. The molecule has 0 bridgehead atoms. The average molecular weight is 459 g/mol. The van der Waals surface area contributed by atoms with Crippen LogP contribution in [0.1, 0.15) is 10.4 Å². The Hall–Kier alpha value is -3.33. The number of nitrogens with zero attached hydrogens (tertiary/aromatic N) is 3. The monoisotopic (exact) mass is 458 g/mol. The molecule has 0 unspecified atom stereocenters. The molecule has 29 heavy (non-hydrogen) atoms. The summed E-state index contributed by atoms with van der Waals surface area (Å²) in [5, 5.41) is 3.19. The molecular formula is C20H13BrF2N4O2. The Balaban J connectivity index is 1.66. The number of ether oxygens (including phenoxy) is 1. The van der Waals surface area contributed by atoms with E-state index >= 15 is 0 Å². The van der Waals surface area contributed by atoms with E-state index in [2.05, 4.69) is 36.0 Å². The van der Waals surface area contributed by atoms with Gasteiger partial charge in [0.1, 0.15) is 5.75 Å². The highest BCUT2D eigenvalue weighted by Crippen LogP contribution is 2.28. The molecule has 0 saturated heterocycles. The van der Waals surface area contributed by atoms with Crippen molar-refractivity contribution in [2.45, 2.75) is 6.61 Å². The SMILES string of the molecule is O=Cc1ccc(Nc2nccn3c(-c4ccc(OC(F)F)cc4)cnc23)cc1Br. The van der Waals surface area contributed by atoms with Crippen LogP contribution in [0.25, 0.3) is 16.9 Å². The molecule has 0 aliphatic rings. The molecule has 2 heterocycles. The maximum absolute atomic E-state index is 12.3. The van der Waals surface area contributed by atoms with Crippen molar-refractivity contribution in [3.05, 3.63) is 71.1 Å². The molecule has 0 amide bonds. The minimum Gasteiger partial charge on any atom is -0.435 e. The summed E-state index contributed by atoms with van der Waals surface area (Å²) in [6.45, 7) is -2.86. The van der Waals surface area contributed by atoms with E-state index in [-0.39, 0.29) is 5.75 Å². The number of anilines is 2. The minimum absolute atomic E-state index is 0.0888. The molecule has 1 N–H and O–H groups in total. The van der Waals surface area contributed by atoms with Crippen molar-refractivity contribution in [3.8, 4) is 17.0 Å². The molecule has 0 aliphatic carbocycles. The summed E-state index contributed by atoms with van der Waals surface area (Å²) < 4.78 is 31.5. The minimum atomic E-state index is -2.86. The highest BCUT2D eigenvalue weighted by atomic mass is 79.9. The number of nitrogens with one attached hydrogen (secondary N) is 1. The van der Waals surface area contributed by atoms with Gasteiger partial charge in [0.2, 0.25) is 0 Å². The van der Waals surface area contributed by atoms with Crippen LogP contribution in [-0.4, -0.2) is 27.3 Å². The van der Waals surface area contributed by atoms with E-state index in [1.807, 2.05) is 4.40 Å². The third-order valence-corrected chi connectivity index (χ3v) is 4.88. The van der Waals surface area contributed by atoms with E-state index in [4.69, 9.17) is 0 Å². The Kier molecular flexibility index (Phi) is 5.22.